The summed E-state index contributed by atoms with van der Waals surface area (Å²) in [5, 5.41) is 12.1. The summed E-state index contributed by atoms with van der Waals surface area (Å²) in [7, 11) is 0. The molecule has 2 aromatic carbocycles. The third-order valence-electron chi connectivity index (χ3n) is 4.33. The van der Waals surface area contributed by atoms with E-state index in [-0.39, 0.29) is 11.4 Å². The Morgan fingerprint density at radius 2 is 1.90 bits per heavy atom. The van der Waals surface area contributed by atoms with E-state index in [1.54, 1.807) is 31.2 Å². The molecule has 1 heterocycles. The van der Waals surface area contributed by atoms with Crippen LogP contribution < -0.4 is 10.9 Å². The number of aromatic amines is 1. The molecule has 0 bridgehead atoms. The van der Waals surface area contributed by atoms with Gasteiger partial charge in [-0.2, -0.15) is 13.2 Å². The molecule has 1 amide bonds. The van der Waals surface area contributed by atoms with E-state index in [0.29, 0.717) is 11.6 Å². The van der Waals surface area contributed by atoms with Gasteiger partial charge in [0.25, 0.3) is 11.5 Å². The van der Waals surface area contributed by atoms with Crippen LogP contribution in [0.4, 0.5) is 17.6 Å². The van der Waals surface area contributed by atoms with Crippen LogP contribution in [0.1, 0.15) is 27.2 Å². The molecule has 0 aliphatic rings. The molecule has 0 fully saturated rings. The monoisotopic (exact) mass is 421 g/mol. The number of halogens is 4. The molecule has 3 N–H and O–H groups in total. The van der Waals surface area contributed by atoms with Gasteiger partial charge >= 0.3 is 6.18 Å². The zero-order valence-corrected chi connectivity index (χ0v) is 15.5. The fraction of sp³-hybridized carbons (Fsp3) is 0.150. The van der Waals surface area contributed by atoms with Crippen LogP contribution in [0.25, 0.3) is 11.4 Å². The fourth-order valence-corrected chi connectivity index (χ4v) is 2.82. The fourth-order valence-electron chi connectivity index (χ4n) is 2.82. The van der Waals surface area contributed by atoms with Gasteiger partial charge in [0, 0.05) is 12.1 Å². The van der Waals surface area contributed by atoms with Gasteiger partial charge in [-0.05, 0) is 30.2 Å². The smallest absolute Gasteiger partial charge is 0.416 e. The second-order valence-corrected chi connectivity index (χ2v) is 6.41. The summed E-state index contributed by atoms with van der Waals surface area (Å²) >= 11 is 0. The lowest BCUT2D eigenvalue weighted by molar-refractivity contribution is -0.138. The minimum Gasteiger partial charge on any atom is -0.501 e. The number of carbonyl (C=O) groups is 1. The number of aromatic hydroxyl groups is 1. The molecule has 0 unspecified atom stereocenters. The van der Waals surface area contributed by atoms with E-state index < -0.39 is 47.0 Å². The van der Waals surface area contributed by atoms with E-state index in [1.807, 2.05) is 0 Å². The largest absolute Gasteiger partial charge is 0.501 e. The van der Waals surface area contributed by atoms with Gasteiger partial charge in [0.2, 0.25) is 5.75 Å². The third-order valence-corrected chi connectivity index (χ3v) is 4.33. The van der Waals surface area contributed by atoms with Crippen LogP contribution >= 0.6 is 0 Å². The van der Waals surface area contributed by atoms with Crippen LogP contribution in [0, 0.1) is 12.7 Å². The van der Waals surface area contributed by atoms with Crippen LogP contribution in [0.5, 0.6) is 5.75 Å². The van der Waals surface area contributed by atoms with Crippen molar-refractivity contribution in [2.24, 2.45) is 0 Å². The van der Waals surface area contributed by atoms with Crippen molar-refractivity contribution >= 4 is 5.91 Å². The zero-order valence-electron chi connectivity index (χ0n) is 15.5. The Balaban J connectivity index is 1.92. The SMILES string of the molecule is Cc1ccccc1-c1nc(C(=O)NCc2ccc(F)cc2C(F)(F)F)c(O)c(=O)[nH]1. The molecule has 0 spiro atoms. The quantitative estimate of drug-likeness (QED) is 0.562. The Bertz CT molecular complexity index is 1170. The summed E-state index contributed by atoms with van der Waals surface area (Å²) < 4.78 is 52.5. The van der Waals surface area contributed by atoms with Crippen molar-refractivity contribution < 1.29 is 27.5 Å². The lowest BCUT2D eigenvalue weighted by atomic mass is 10.1. The molecule has 0 atom stereocenters. The van der Waals surface area contributed by atoms with Crippen molar-refractivity contribution in [1.82, 2.24) is 15.3 Å². The molecule has 3 aromatic rings. The molecule has 1 aromatic heterocycles. The normalized spacial score (nSPS) is 11.4. The van der Waals surface area contributed by atoms with Crippen molar-refractivity contribution in [2.75, 3.05) is 0 Å². The lowest BCUT2D eigenvalue weighted by Gasteiger charge is -2.14. The number of H-pyrrole nitrogens is 1. The summed E-state index contributed by atoms with van der Waals surface area (Å²) in [6, 6.07) is 8.86. The number of benzene rings is 2. The summed E-state index contributed by atoms with van der Waals surface area (Å²) in [4.78, 5) is 30.8. The number of hydrogen-bond donors (Lipinski definition) is 3. The Morgan fingerprint density at radius 1 is 1.20 bits per heavy atom. The highest BCUT2D eigenvalue weighted by Crippen LogP contribution is 2.32. The number of rotatable bonds is 4. The van der Waals surface area contributed by atoms with E-state index >= 15 is 0 Å². The maximum Gasteiger partial charge on any atom is 0.416 e. The molecule has 3 rings (SSSR count). The van der Waals surface area contributed by atoms with Crippen molar-refractivity contribution in [1.29, 1.82) is 0 Å². The first-order valence-corrected chi connectivity index (χ1v) is 8.61. The minimum atomic E-state index is -4.83. The Morgan fingerprint density at radius 3 is 2.57 bits per heavy atom. The van der Waals surface area contributed by atoms with Gasteiger partial charge in [0.05, 0.1) is 5.56 Å². The molecule has 0 aliphatic carbocycles. The second-order valence-electron chi connectivity index (χ2n) is 6.41. The standard InChI is InChI=1S/C20H15F4N3O3/c1-10-4-2-3-5-13(10)17-26-15(16(28)19(30)27-17)18(29)25-9-11-6-7-12(21)8-14(11)20(22,23)24/h2-8,28H,9H2,1H3,(H,25,29)(H,26,27,30). The van der Waals surface area contributed by atoms with Crippen LogP contribution in [0.2, 0.25) is 0 Å². The molecule has 0 saturated heterocycles. The Kier molecular flexibility index (Phi) is 5.59. The summed E-state index contributed by atoms with van der Waals surface area (Å²) in [6.45, 7) is 1.12. The number of aryl methyl sites for hydroxylation is 1. The Hall–Kier alpha value is -3.69. The highest BCUT2D eigenvalue weighted by Gasteiger charge is 2.34. The predicted molar refractivity (Wildman–Crippen MR) is 99.3 cm³/mol. The van der Waals surface area contributed by atoms with Crippen LogP contribution in [-0.2, 0) is 12.7 Å². The first kappa shape index (κ1) is 21.0. The third kappa shape index (κ3) is 4.32. The number of amides is 1. The molecule has 6 nitrogen and oxygen atoms in total. The average molecular weight is 421 g/mol. The van der Waals surface area contributed by atoms with Gasteiger partial charge in [0.1, 0.15) is 11.6 Å². The number of nitrogens with zero attached hydrogens (tertiary/aromatic N) is 1. The van der Waals surface area contributed by atoms with E-state index in [0.717, 1.165) is 17.7 Å². The topological polar surface area (TPSA) is 95.1 Å². The average Bonchev–Trinajstić information content (AvgIpc) is 2.68. The zero-order chi connectivity index (χ0) is 22.1. The number of hydrogen-bond acceptors (Lipinski definition) is 4. The van der Waals surface area contributed by atoms with Crippen LogP contribution in [-0.4, -0.2) is 21.0 Å². The highest BCUT2D eigenvalue weighted by molar-refractivity contribution is 5.95. The summed E-state index contributed by atoms with van der Waals surface area (Å²) in [6.07, 6.45) is -4.83. The van der Waals surface area contributed by atoms with Gasteiger partial charge < -0.3 is 15.4 Å². The van der Waals surface area contributed by atoms with Gasteiger partial charge in [-0.15, -0.1) is 0 Å². The number of carbonyl (C=O) groups excluding carboxylic acids is 1. The van der Waals surface area contributed by atoms with Gasteiger partial charge in [-0.25, -0.2) is 9.37 Å². The second kappa shape index (κ2) is 7.97. The number of aromatic nitrogens is 2. The minimum absolute atomic E-state index is 0.0128. The lowest BCUT2D eigenvalue weighted by Crippen LogP contribution is -2.27. The summed E-state index contributed by atoms with van der Waals surface area (Å²) in [5.74, 6) is -3.10. The van der Waals surface area contributed by atoms with E-state index in [1.165, 1.54) is 0 Å². The van der Waals surface area contributed by atoms with Crippen LogP contribution in [0.3, 0.4) is 0 Å². The summed E-state index contributed by atoms with van der Waals surface area (Å²) in [5.41, 5.74) is -2.02. The Labute approximate surface area is 167 Å². The van der Waals surface area contributed by atoms with Gasteiger partial charge in [-0.1, -0.05) is 30.3 Å². The molecule has 10 heteroatoms. The van der Waals surface area contributed by atoms with E-state index in [9.17, 15) is 32.3 Å². The number of nitrogens with one attached hydrogen (secondary N) is 2. The molecule has 156 valence electrons. The molecule has 0 aliphatic heterocycles. The molecular weight excluding hydrogens is 406 g/mol. The maximum atomic E-state index is 13.2. The van der Waals surface area contributed by atoms with Crippen LogP contribution in [0.15, 0.2) is 47.3 Å². The van der Waals surface area contributed by atoms with Gasteiger partial charge in [-0.3, -0.25) is 9.59 Å². The van der Waals surface area contributed by atoms with E-state index in [2.05, 4.69) is 15.3 Å². The van der Waals surface area contributed by atoms with Crippen molar-refractivity contribution in [3.63, 3.8) is 0 Å². The number of alkyl halides is 3. The molecule has 30 heavy (non-hydrogen) atoms. The van der Waals surface area contributed by atoms with Crippen molar-refractivity contribution in [3.8, 4) is 17.1 Å². The van der Waals surface area contributed by atoms with Crippen molar-refractivity contribution in [2.45, 2.75) is 19.6 Å². The first-order valence-electron chi connectivity index (χ1n) is 8.61. The maximum absolute atomic E-state index is 13.2. The first-order chi connectivity index (χ1) is 14.1. The molecule has 0 saturated carbocycles. The van der Waals surface area contributed by atoms with E-state index in [4.69, 9.17) is 0 Å². The molecule has 0 radical (unpaired) electrons. The predicted octanol–water partition coefficient (Wildman–Crippen LogP) is 3.54. The van der Waals surface area contributed by atoms with Crippen molar-refractivity contribution in [3.05, 3.63) is 81.0 Å². The van der Waals surface area contributed by atoms with Gasteiger partial charge in [0.15, 0.2) is 5.69 Å². The molecular formula is C20H15F4N3O3. The highest BCUT2D eigenvalue weighted by atomic mass is 19.4.